The average molecular weight is 334 g/mol. The van der Waals surface area contributed by atoms with E-state index in [1.165, 1.54) is 0 Å². The van der Waals surface area contributed by atoms with Gasteiger partial charge in [-0.3, -0.25) is 0 Å². The zero-order valence-corrected chi connectivity index (χ0v) is 13.7. The molecule has 3 N–H and O–H groups in total. The number of pyridine rings is 1. The largest absolute Gasteiger partial charge is 0.458 e. The molecule has 1 fully saturated rings. The predicted octanol–water partition coefficient (Wildman–Crippen LogP) is 4.03. The van der Waals surface area contributed by atoms with Crippen LogP contribution in [0, 0.1) is 11.3 Å². The zero-order chi connectivity index (χ0) is 17.2. The number of nitrogens with two attached hydrogens (primary N) is 1. The van der Waals surface area contributed by atoms with Gasteiger partial charge in [0.05, 0.1) is 11.4 Å². The first-order valence-electron chi connectivity index (χ1n) is 8.32. The Morgan fingerprint density at radius 3 is 2.92 bits per heavy atom. The van der Waals surface area contributed by atoms with E-state index in [-0.39, 0.29) is 11.9 Å². The molecule has 25 heavy (non-hydrogen) atoms. The topological polar surface area (TPSA) is 101 Å². The van der Waals surface area contributed by atoms with Crippen molar-refractivity contribution in [2.24, 2.45) is 0 Å². The normalized spacial score (nSPS) is 17.3. The second-order valence-corrected chi connectivity index (χ2v) is 6.07. The molecule has 1 saturated heterocycles. The minimum Gasteiger partial charge on any atom is -0.458 e. The highest BCUT2D eigenvalue weighted by molar-refractivity contribution is 5.77. The number of anilines is 1. The molecule has 0 spiro atoms. The van der Waals surface area contributed by atoms with Crippen LogP contribution in [-0.2, 0) is 4.74 Å². The zero-order valence-electron chi connectivity index (χ0n) is 13.7. The van der Waals surface area contributed by atoms with Gasteiger partial charge in [0.1, 0.15) is 35.1 Å². The van der Waals surface area contributed by atoms with Gasteiger partial charge in [-0.05, 0) is 49.6 Å². The SMILES string of the molecule is N#Cc1c(-c2ccc(C3CCCCO3)o2)cc(-c2ccc[nH]2)nc1N. The molecule has 0 radical (unpaired) electrons. The number of nitrogens with zero attached hydrogens (tertiary/aromatic N) is 2. The van der Waals surface area contributed by atoms with Crippen LogP contribution < -0.4 is 5.73 Å². The van der Waals surface area contributed by atoms with Crippen molar-refractivity contribution >= 4 is 5.82 Å². The molecule has 1 aliphatic heterocycles. The van der Waals surface area contributed by atoms with E-state index in [1.807, 2.05) is 36.5 Å². The van der Waals surface area contributed by atoms with E-state index >= 15 is 0 Å². The number of nitrogen functional groups attached to an aromatic ring is 1. The van der Waals surface area contributed by atoms with Gasteiger partial charge in [0.2, 0.25) is 0 Å². The van der Waals surface area contributed by atoms with Crippen LogP contribution in [0.1, 0.15) is 36.7 Å². The molecular formula is C19H18N4O2. The van der Waals surface area contributed by atoms with Crippen LogP contribution in [0.3, 0.4) is 0 Å². The number of nitrogens with one attached hydrogen (secondary N) is 1. The fraction of sp³-hybridized carbons (Fsp3) is 0.263. The lowest BCUT2D eigenvalue weighted by molar-refractivity contribution is 0.00222. The van der Waals surface area contributed by atoms with E-state index in [9.17, 15) is 5.26 Å². The Bertz CT molecular complexity index is 916. The van der Waals surface area contributed by atoms with Crippen molar-refractivity contribution in [1.29, 1.82) is 5.26 Å². The van der Waals surface area contributed by atoms with E-state index < -0.39 is 0 Å². The van der Waals surface area contributed by atoms with Crippen molar-refractivity contribution in [3.05, 3.63) is 47.9 Å². The van der Waals surface area contributed by atoms with E-state index in [0.29, 0.717) is 22.6 Å². The standard InChI is InChI=1S/C19H18N4O2/c20-11-13-12(10-15(23-19(13)21)14-4-3-8-22-14)16-6-7-18(25-16)17-5-1-2-9-24-17/h3-4,6-8,10,17,22H,1-2,5,9H2,(H2,21,23). The minimum atomic E-state index is -0.0184. The van der Waals surface area contributed by atoms with E-state index in [1.54, 1.807) is 0 Å². The fourth-order valence-corrected chi connectivity index (χ4v) is 3.14. The molecule has 6 nitrogen and oxygen atoms in total. The van der Waals surface area contributed by atoms with Crippen LogP contribution in [0.2, 0.25) is 0 Å². The quantitative estimate of drug-likeness (QED) is 0.753. The van der Waals surface area contributed by atoms with Crippen molar-refractivity contribution in [2.75, 3.05) is 12.3 Å². The second-order valence-electron chi connectivity index (χ2n) is 6.07. The number of ether oxygens (including phenoxy) is 1. The molecule has 3 aromatic heterocycles. The molecular weight excluding hydrogens is 316 g/mol. The Balaban J connectivity index is 1.76. The highest BCUT2D eigenvalue weighted by Crippen LogP contribution is 2.35. The monoisotopic (exact) mass is 334 g/mol. The van der Waals surface area contributed by atoms with Crippen molar-refractivity contribution in [2.45, 2.75) is 25.4 Å². The summed E-state index contributed by atoms with van der Waals surface area (Å²) in [7, 11) is 0. The van der Waals surface area contributed by atoms with Gasteiger partial charge in [-0.15, -0.1) is 0 Å². The van der Waals surface area contributed by atoms with Gasteiger partial charge in [0.15, 0.2) is 0 Å². The predicted molar refractivity (Wildman–Crippen MR) is 93.4 cm³/mol. The van der Waals surface area contributed by atoms with Gasteiger partial charge in [-0.2, -0.15) is 5.26 Å². The minimum absolute atomic E-state index is 0.0184. The number of aromatic nitrogens is 2. The highest BCUT2D eigenvalue weighted by atomic mass is 16.5. The third-order valence-electron chi connectivity index (χ3n) is 4.42. The molecule has 0 aliphatic carbocycles. The fourth-order valence-electron chi connectivity index (χ4n) is 3.14. The summed E-state index contributed by atoms with van der Waals surface area (Å²) in [4.78, 5) is 7.43. The van der Waals surface area contributed by atoms with E-state index in [0.717, 1.165) is 37.3 Å². The van der Waals surface area contributed by atoms with E-state index in [4.69, 9.17) is 14.9 Å². The number of nitriles is 1. The molecule has 0 saturated carbocycles. The smallest absolute Gasteiger partial charge is 0.142 e. The summed E-state index contributed by atoms with van der Waals surface area (Å²) in [5.74, 6) is 1.58. The molecule has 0 amide bonds. The summed E-state index contributed by atoms with van der Waals surface area (Å²) in [5, 5.41) is 9.49. The van der Waals surface area contributed by atoms with Crippen molar-refractivity contribution in [3.63, 3.8) is 0 Å². The number of H-pyrrole nitrogens is 1. The maximum Gasteiger partial charge on any atom is 0.142 e. The maximum absolute atomic E-state index is 9.49. The molecule has 0 bridgehead atoms. The van der Waals surface area contributed by atoms with Crippen LogP contribution >= 0.6 is 0 Å². The summed E-state index contributed by atoms with van der Waals surface area (Å²) >= 11 is 0. The average Bonchev–Trinajstić information content (AvgIpc) is 3.34. The molecule has 4 rings (SSSR count). The molecule has 1 aliphatic rings. The lowest BCUT2D eigenvalue weighted by Gasteiger charge is -2.20. The summed E-state index contributed by atoms with van der Waals surface area (Å²) in [6.07, 6.45) is 4.96. The Kier molecular flexibility index (Phi) is 4.00. The van der Waals surface area contributed by atoms with Crippen LogP contribution in [0.4, 0.5) is 5.82 Å². The summed E-state index contributed by atoms with van der Waals surface area (Å²) in [6.45, 7) is 0.753. The molecule has 0 aromatic carbocycles. The van der Waals surface area contributed by atoms with Crippen molar-refractivity contribution in [1.82, 2.24) is 9.97 Å². The Morgan fingerprint density at radius 1 is 1.28 bits per heavy atom. The van der Waals surface area contributed by atoms with Crippen LogP contribution in [-0.4, -0.2) is 16.6 Å². The first-order valence-corrected chi connectivity index (χ1v) is 8.32. The molecule has 3 aromatic rings. The van der Waals surface area contributed by atoms with Crippen molar-refractivity contribution in [3.8, 4) is 28.8 Å². The van der Waals surface area contributed by atoms with Gasteiger partial charge in [0, 0.05) is 18.4 Å². The molecule has 4 heterocycles. The lowest BCUT2D eigenvalue weighted by atomic mass is 10.1. The molecule has 1 atom stereocenters. The van der Waals surface area contributed by atoms with E-state index in [2.05, 4.69) is 16.0 Å². The first kappa shape index (κ1) is 15.5. The number of hydrogen-bond acceptors (Lipinski definition) is 5. The van der Waals surface area contributed by atoms with Crippen LogP contribution in [0.15, 0.2) is 40.9 Å². The summed E-state index contributed by atoms with van der Waals surface area (Å²) in [5.41, 5.74) is 8.48. The number of furan rings is 1. The van der Waals surface area contributed by atoms with Gasteiger partial charge in [0.25, 0.3) is 0 Å². The van der Waals surface area contributed by atoms with Gasteiger partial charge in [-0.1, -0.05) is 0 Å². The molecule has 6 heteroatoms. The number of rotatable bonds is 3. The van der Waals surface area contributed by atoms with Gasteiger partial charge < -0.3 is 19.9 Å². The Labute approximate surface area is 145 Å². The van der Waals surface area contributed by atoms with Crippen molar-refractivity contribution < 1.29 is 9.15 Å². The Hall–Kier alpha value is -3.04. The second kappa shape index (κ2) is 6.46. The third kappa shape index (κ3) is 2.90. The number of aromatic amines is 1. The summed E-state index contributed by atoms with van der Waals surface area (Å²) in [6, 6.07) is 11.5. The van der Waals surface area contributed by atoms with Gasteiger partial charge >= 0.3 is 0 Å². The van der Waals surface area contributed by atoms with Crippen LogP contribution in [0.25, 0.3) is 22.7 Å². The highest BCUT2D eigenvalue weighted by Gasteiger charge is 2.22. The summed E-state index contributed by atoms with van der Waals surface area (Å²) < 4.78 is 11.8. The lowest BCUT2D eigenvalue weighted by Crippen LogP contribution is -2.10. The van der Waals surface area contributed by atoms with Crippen LogP contribution in [0.5, 0.6) is 0 Å². The van der Waals surface area contributed by atoms with Gasteiger partial charge in [-0.25, -0.2) is 4.98 Å². The third-order valence-corrected chi connectivity index (χ3v) is 4.42. The Morgan fingerprint density at radius 2 is 2.20 bits per heavy atom. The first-order chi connectivity index (χ1) is 12.3. The number of hydrogen-bond donors (Lipinski definition) is 2. The maximum atomic E-state index is 9.49. The molecule has 126 valence electrons. The molecule has 1 unspecified atom stereocenters.